The van der Waals surface area contributed by atoms with Crippen molar-refractivity contribution in [2.45, 2.75) is 64.5 Å². The molecule has 9 nitrogen and oxygen atoms in total. The zero-order chi connectivity index (χ0) is 30.4. The molecule has 11 heteroatoms. The molecule has 0 radical (unpaired) electrons. The Labute approximate surface area is 247 Å². The number of halogens is 2. The van der Waals surface area contributed by atoms with Gasteiger partial charge >= 0.3 is 0 Å². The Hall–Kier alpha value is -4.54. The third-order valence-electron chi connectivity index (χ3n) is 7.86. The number of aryl methyl sites for hydroxylation is 1. The molecule has 1 saturated heterocycles. The molecule has 5 heterocycles. The first-order valence-electron chi connectivity index (χ1n) is 14.4. The van der Waals surface area contributed by atoms with Gasteiger partial charge in [-0.1, -0.05) is 38.1 Å². The number of carbonyl (C=O) groups excluding carboxylic acids is 1. The van der Waals surface area contributed by atoms with Crippen LogP contribution < -0.4 is 4.90 Å². The number of H-pyrrole nitrogens is 1. The van der Waals surface area contributed by atoms with Crippen LogP contribution in [-0.2, 0) is 11.8 Å². The fourth-order valence-electron chi connectivity index (χ4n) is 5.14. The maximum Gasteiger partial charge on any atom is 0.238 e. The van der Waals surface area contributed by atoms with Gasteiger partial charge in [0.05, 0.1) is 17.4 Å². The normalized spacial score (nSPS) is 15.3. The lowest BCUT2D eigenvalue weighted by atomic mass is 9.95. The number of ketones is 1. The number of hydrogen-bond acceptors (Lipinski definition) is 8. The van der Waals surface area contributed by atoms with E-state index in [1.807, 2.05) is 39.0 Å². The van der Waals surface area contributed by atoms with Gasteiger partial charge < -0.3 is 14.4 Å². The number of aromatic amines is 1. The Balaban J connectivity index is 1.17. The van der Waals surface area contributed by atoms with E-state index in [0.717, 1.165) is 11.3 Å². The van der Waals surface area contributed by atoms with E-state index in [9.17, 15) is 9.18 Å². The monoisotopic (exact) mass is 585 g/mol. The number of fused-ring (bicyclic) bond motifs is 1. The lowest BCUT2D eigenvalue weighted by Crippen LogP contribution is -2.40. The first kappa shape index (κ1) is 28.6. The van der Waals surface area contributed by atoms with E-state index in [1.54, 1.807) is 31.5 Å². The Morgan fingerprint density at radius 3 is 2.56 bits per heavy atom. The van der Waals surface area contributed by atoms with Gasteiger partial charge in [0.15, 0.2) is 11.5 Å². The zero-order valence-electron chi connectivity index (χ0n) is 24.6. The van der Waals surface area contributed by atoms with Crippen LogP contribution >= 0.6 is 0 Å². The maximum atomic E-state index is 15.2. The first-order chi connectivity index (χ1) is 20.5. The second-order valence-corrected chi connectivity index (χ2v) is 12.3. The maximum absolute atomic E-state index is 15.2. The van der Waals surface area contributed by atoms with Crippen molar-refractivity contribution in [2.75, 3.05) is 18.0 Å². The number of rotatable bonds is 7. The number of nitrogens with zero attached hydrogens (tertiary/aromatic N) is 6. The SMILES string of the molecule is CC1(F)CCN(c2ccc(-c3nc4nccc(-c5ccc(CCC(=O)c6noc(C(C)(C)C)n6)c(F)c5)c4[nH]3)nc2)CC1. The third-order valence-corrected chi connectivity index (χ3v) is 7.86. The third kappa shape index (κ3) is 6.02. The van der Waals surface area contributed by atoms with Gasteiger partial charge in [-0.2, -0.15) is 4.98 Å². The Morgan fingerprint density at radius 2 is 1.88 bits per heavy atom. The second kappa shape index (κ2) is 10.9. The number of alkyl halides is 1. The molecule has 0 bridgehead atoms. The Kier molecular flexibility index (Phi) is 7.27. The van der Waals surface area contributed by atoms with Crippen LogP contribution in [0, 0.1) is 5.82 Å². The molecule has 0 saturated carbocycles. The summed E-state index contributed by atoms with van der Waals surface area (Å²) in [6, 6.07) is 10.6. The van der Waals surface area contributed by atoms with Crippen molar-refractivity contribution in [1.82, 2.24) is 30.1 Å². The van der Waals surface area contributed by atoms with Gasteiger partial charge in [-0.25, -0.2) is 18.7 Å². The zero-order valence-corrected chi connectivity index (χ0v) is 24.6. The largest absolute Gasteiger partial charge is 0.370 e. The lowest BCUT2D eigenvalue weighted by molar-refractivity contribution is 0.0969. The second-order valence-electron chi connectivity index (χ2n) is 12.3. The van der Waals surface area contributed by atoms with E-state index in [4.69, 9.17) is 4.52 Å². The topological polar surface area (TPSA) is 114 Å². The van der Waals surface area contributed by atoms with E-state index < -0.39 is 11.5 Å². The standard InChI is InChI=1S/C32H33F2N7O2/c1-31(2,3)30-39-28(40-43-30)25(42)10-7-19-5-6-20(17-23(19)33)22-11-14-35-29-26(22)37-27(38-29)24-9-8-21(18-36-24)41-15-12-32(4,34)13-16-41/h5-6,8-9,11,14,17-18H,7,10,12-13,15-16H2,1-4H3,(H,35,37,38). The highest BCUT2D eigenvalue weighted by molar-refractivity contribution is 5.93. The summed E-state index contributed by atoms with van der Waals surface area (Å²) < 4.78 is 34.6. The summed E-state index contributed by atoms with van der Waals surface area (Å²) in [5.74, 6) is 0.221. The van der Waals surface area contributed by atoms with Crippen LogP contribution in [0.15, 0.2) is 53.3 Å². The van der Waals surface area contributed by atoms with Gasteiger partial charge in [0.25, 0.3) is 0 Å². The predicted molar refractivity (Wildman–Crippen MR) is 159 cm³/mol. The van der Waals surface area contributed by atoms with E-state index in [0.29, 0.717) is 65.6 Å². The molecule has 0 spiro atoms. The number of nitrogens with one attached hydrogen (secondary N) is 1. The number of pyridine rings is 2. The Bertz CT molecular complexity index is 1780. The van der Waals surface area contributed by atoms with Gasteiger partial charge in [-0.15, -0.1) is 0 Å². The van der Waals surface area contributed by atoms with Gasteiger partial charge in [-0.3, -0.25) is 9.78 Å². The van der Waals surface area contributed by atoms with Crippen LogP contribution in [0.5, 0.6) is 0 Å². The quantitative estimate of drug-likeness (QED) is 0.211. The molecule has 0 atom stereocenters. The lowest BCUT2D eigenvalue weighted by Gasteiger charge is -2.35. The van der Waals surface area contributed by atoms with Crippen molar-refractivity contribution >= 4 is 22.6 Å². The van der Waals surface area contributed by atoms with Crippen molar-refractivity contribution in [1.29, 1.82) is 0 Å². The average molecular weight is 586 g/mol. The number of hydrogen-bond donors (Lipinski definition) is 1. The van der Waals surface area contributed by atoms with Crippen LogP contribution in [0.2, 0.25) is 0 Å². The highest BCUT2D eigenvalue weighted by atomic mass is 19.1. The van der Waals surface area contributed by atoms with Gasteiger partial charge in [0, 0.05) is 36.7 Å². The van der Waals surface area contributed by atoms with Crippen LogP contribution in [0.3, 0.4) is 0 Å². The summed E-state index contributed by atoms with van der Waals surface area (Å²) in [6.45, 7) is 8.70. The number of imidazole rings is 1. The smallest absolute Gasteiger partial charge is 0.238 e. The minimum atomic E-state index is -1.11. The molecule has 1 aromatic carbocycles. The molecule has 6 rings (SSSR count). The van der Waals surface area contributed by atoms with Gasteiger partial charge in [-0.05, 0) is 61.6 Å². The minimum Gasteiger partial charge on any atom is -0.370 e. The summed E-state index contributed by atoms with van der Waals surface area (Å²) in [4.78, 5) is 35.8. The fraction of sp³-hybridized carbons (Fsp3) is 0.375. The highest BCUT2D eigenvalue weighted by Gasteiger charge is 2.29. The number of benzene rings is 1. The van der Waals surface area contributed by atoms with Crippen LogP contribution in [-0.4, -0.2) is 54.6 Å². The molecule has 0 unspecified atom stereocenters. The van der Waals surface area contributed by atoms with E-state index >= 15 is 4.39 Å². The molecule has 1 N–H and O–H groups in total. The van der Waals surface area contributed by atoms with Crippen molar-refractivity contribution in [2.24, 2.45) is 0 Å². The number of aromatic nitrogens is 6. The average Bonchev–Trinajstić information content (AvgIpc) is 3.65. The summed E-state index contributed by atoms with van der Waals surface area (Å²) in [5.41, 5.74) is 3.07. The molecular weight excluding hydrogens is 552 g/mol. The van der Waals surface area contributed by atoms with E-state index in [2.05, 4.69) is 35.0 Å². The van der Waals surface area contributed by atoms with Crippen LogP contribution in [0.25, 0.3) is 33.8 Å². The molecule has 1 aliphatic heterocycles. The number of carbonyl (C=O) groups is 1. The molecule has 222 valence electrons. The molecule has 0 aliphatic carbocycles. The van der Waals surface area contributed by atoms with Crippen molar-refractivity contribution < 1.29 is 18.1 Å². The summed E-state index contributed by atoms with van der Waals surface area (Å²) in [7, 11) is 0. The summed E-state index contributed by atoms with van der Waals surface area (Å²) in [5, 5.41) is 3.79. The molecule has 43 heavy (non-hydrogen) atoms. The molecule has 1 aliphatic rings. The fourth-order valence-corrected chi connectivity index (χ4v) is 5.14. The van der Waals surface area contributed by atoms with Crippen LogP contribution in [0.4, 0.5) is 14.5 Å². The molecular formula is C32H33F2N7O2. The Morgan fingerprint density at radius 1 is 1.09 bits per heavy atom. The summed E-state index contributed by atoms with van der Waals surface area (Å²) in [6.07, 6.45) is 4.65. The van der Waals surface area contributed by atoms with Gasteiger partial charge in [0.2, 0.25) is 17.5 Å². The molecule has 0 amide bonds. The minimum absolute atomic E-state index is 0.0103. The van der Waals surface area contributed by atoms with Crippen molar-refractivity contribution in [3.8, 4) is 22.6 Å². The highest BCUT2D eigenvalue weighted by Crippen LogP contribution is 2.32. The van der Waals surface area contributed by atoms with Crippen LogP contribution in [0.1, 0.15) is 69.0 Å². The number of anilines is 1. The van der Waals surface area contributed by atoms with E-state index in [1.165, 1.54) is 6.07 Å². The van der Waals surface area contributed by atoms with Gasteiger partial charge in [0.1, 0.15) is 17.2 Å². The molecule has 5 aromatic rings. The first-order valence-corrected chi connectivity index (χ1v) is 14.4. The van der Waals surface area contributed by atoms with Crippen molar-refractivity contribution in [3.63, 3.8) is 0 Å². The number of Topliss-reactive ketones (excluding diaryl/α,β-unsaturated/α-hetero) is 1. The summed E-state index contributed by atoms with van der Waals surface area (Å²) >= 11 is 0. The number of piperidine rings is 1. The molecule has 4 aromatic heterocycles. The predicted octanol–water partition coefficient (Wildman–Crippen LogP) is 6.65. The molecule has 1 fully saturated rings. The van der Waals surface area contributed by atoms with E-state index in [-0.39, 0.29) is 29.9 Å². The van der Waals surface area contributed by atoms with Crippen molar-refractivity contribution in [3.05, 3.63) is 71.9 Å².